The Balaban J connectivity index is 2.68. The Bertz CT molecular complexity index is 339. The second kappa shape index (κ2) is 5.94. The van der Waals surface area contributed by atoms with Crippen LogP contribution in [0.5, 0.6) is 0 Å². The van der Waals surface area contributed by atoms with Crippen molar-refractivity contribution >= 4 is 0 Å². The van der Waals surface area contributed by atoms with Gasteiger partial charge in [-0.1, -0.05) is 13.8 Å². The van der Waals surface area contributed by atoms with E-state index in [4.69, 9.17) is 0 Å². The summed E-state index contributed by atoms with van der Waals surface area (Å²) in [6.07, 6.45) is 0.553. The third-order valence-electron chi connectivity index (χ3n) is 2.93. The lowest BCUT2D eigenvalue weighted by molar-refractivity contribution is 0.400. The van der Waals surface area contributed by atoms with Crippen LogP contribution in [0.1, 0.15) is 26.3 Å². The van der Waals surface area contributed by atoms with E-state index in [-0.39, 0.29) is 17.6 Å². The molecule has 2 atom stereocenters. The first-order chi connectivity index (χ1) is 7.54. The predicted molar refractivity (Wildman–Crippen MR) is 62.4 cm³/mol. The highest BCUT2D eigenvalue weighted by Gasteiger charge is 2.14. The van der Waals surface area contributed by atoms with Crippen molar-refractivity contribution in [3.63, 3.8) is 0 Å². The molecule has 0 radical (unpaired) electrons. The number of hydrogen-bond donors (Lipinski definition) is 1. The average Bonchev–Trinajstić information content (AvgIpc) is 2.23. The lowest BCUT2D eigenvalue weighted by atomic mass is 9.94. The fourth-order valence-electron chi connectivity index (χ4n) is 1.75. The molecule has 1 aromatic carbocycles. The molecular formula is C13H19F2N. The number of halogens is 2. The van der Waals surface area contributed by atoms with Crippen molar-refractivity contribution in [3.05, 3.63) is 35.4 Å². The van der Waals surface area contributed by atoms with E-state index in [1.165, 1.54) is 12.1 Å². The maximum atomic E-state index is 13.4. The van der Waals surface area contributed by atoms with Crippen molar-refractivity contribution < 1.29 is 8.78 Å². The Kier molecular flexibility index (Phi) is 4.87. The molecule has 1 rings (SSSR count). The van der Waals surface area contributed by atoms with Gasteiger partial charge in [0, 0.05) is 6.04 Å². The van der Waals surface area contributed by atoms with Gasteiger partial charge in [0.15, 0.2) is 0 Å². The molecule has 0 saturated heterocycles. The molecule has 0 bridgehead atoms. The molecule has 0 aromatic heterocycles. The second-order valence-corrected chi connectivity index (χ2v) is 4.26. The van der Waals surface area contributed by atoms with Crippen LogP contribution in [0.25, 0.3) is 0 Å². The van der Waals surface area contributed by atoms with E-state index in [0.29, 0.717) is 18.0 Å². The fraction of sp³-hybridized carbons (Fsp3) is 0.538. The third kappa shape index (κ3) is 3.56. The number of hydrogen-bond acceptors (Lipinski definition) is 1. The van der Waals surface area contributed by atoms with Gasteiger partial charge in [0.05, 0.1) is 0 Å². The maximum Gasteiger partial charge on any atom is 0.126 e. The second-order valence-electron chi connectivity index (χ2n) is 4.26. The van der Waals surface area contributed by atoms with Gasteiger partial charge in [-0.05, 0) is 49.6 Å². The summed E-state index contributed by atoms with van der Waals surface area (Å²) >= 11 is 0. The molecule has 1 aromatic rings. The molecule has 0 heterocycles. The van der Waals surface area contributed by atoms with E-state index in [2.05, 4.69) is 12.2 Å². The van der Waals surface area contributed by atoms with Gasteiger partial charge in [-0.15, -0.1) is 0 Å². The first-order valence-corrected chi connectivity index (χ1v) is 5.72. The van der Waals surface area contributed by atoms with E-state index >= 15 is 0 Å². The molecule has 0 amide bonds. The van der Waals surface area contributed by atoms with Crippen LogP contribution in [0.3, 0.4) is 0 Å². The number of benzene rings is 1. The fourth-order valence-corrected chi connectivity index (χ4v) is 1.75. The van der Waals surface area contributed by atoms with Crippen molar-refractivity contribution in [2.45, 2.75) is 33.2 Å². The molecular weight excluding hydrogens is 208 g/mol. The molecule has 0 saturated carbocycles. The number of nitrogens with one attached hydrogen (secondary N) is 1. The largest absolute Gasteiger partial charge is 0.314 e. The normalized spacial score (nSPS) is 14.8. The monoisotopic (exact) mass is 227 g/mol. The third-order valence-corrected chi connectivity index (χ3v) is 2.93. The van der Waals surface area contributed by atoms with Gasteiger partial charge in [-0.2, -0.15) is 0 Å². The van der Waals surface area contributed by atoms with Crippen LogP contribution in [0.15, 0.2) is 18.2 Å². The van der Waals surface area contributed by atoms with Crippen LogP contribution in [0.4, 0.5) is 8.78 Å². The Morgan fingerprint density at radius 1 is 1.25 bits per heavy atom. The minimum absolute atomic E-state index is 0.274. The molecule has 1 N–H and O–H groups in total. The first-order valence-electron chi connectivity index (χ1n) is 5.72. The molecule has 3 heteroatoms. The molecule has 2 unspecified atom stereocenters. The van der Waals surface area contributed by atoms with Crippen LogP contribution < -0.4 is 5.32 Å². The van der Waals surface area contributed by atoms with Crippen molar-refractivity contribution in [1.82, 2.24) is 5.32 Å². The van der Waals surface area contributed by atoms with Crippen LogP contribution in [-0.4, -0.2) is 12.6 Å². The Morgan fingerprint density at radius 3 is 2.56 bits per heavy atom. The summed E-state index contributed by atoms with van der Waals surface area (Å²) in [4.78, 5) is 0. The summed E-state index contributed by atoms with van der Waals surface area (Å²) in [5, 5.41) is 3.28. The summed E-state index contributed by atoms with van der Waals surface area (Å²) in [5.41, 5.74) is 0.456. The Morgan fingerprint density at radius 2 is 1.94 bits per heavy atom. The average molecular weight is 227 g/mol. The van der Waals surface area contributed by atoms with E-state index in [9.17, 15) is 8.78 Å². The van der Waals surface area contributed by atoms with Gasteiger partial charge in [-0.3, -0.25) is 0 Å². The first kappa shape index (κ1) is 13.1. The van der Waals surface area contributed by atoms with Gasteiger partial charge in [0.1, 0.15) is 11.6 Å². The van der Waals surface area contributed by atoms with E-state index in [0.717, 1.165) is 12.6 Å². The molecule has 1 nitrogen and oxygen atoms in total. The molecule has 16 heavy (non-hydrogen) atoms. The van der Waals surface area contributed by atoms with Crippen LogP contribution in [0.2, 0.25) is 0 Å². The minimum atomic E-state index is -0.375. The van der Waals surface area contributed by atoms with Gasteiger partial charge in [0.25, 0.3) is 0 Å². The lowest BCUT2D eigenvalue weighted by Crippen LogP contribution is -2.33. The lowest BCUT2D eigenvalue weighted by Gasteiger charge is -2.20. The van der Waals surface area contributed by atoms with Crippen molar-refractivity contribution in [2.75, 3.05) is 6.54 Å². The highest BCUT2D eigenvalue weighted by Crippen LogP contribution is 2.16. The summed E-state index contributed by atoms with van der Waals surface area (Å²) in [5.74, 6) is -0.423. The zero-order valence-corrected chi connectivity index (χ0v) is 10.1. The van der Waals surface area contributed by atoms with E-state index in [1.807, 2.05) is 13.8 Å². The van der Waals surface area contributed by atoms with E-state index in [1.54, 1.807) is 0 Å². The standard InChI is InChI=1S/C13H19F2N/c1-4-16-10(3)9(2)7-11-8-12(14)5-6-13(11)15/h5-6,8-10,16H,4,7H2,1-3H3. The smallest absolute Gasteiger partial charge is 0.126 e. The quantitative estimate of drug-likeness (QED) is 0.814. The minimum Gasteiger partial charge on any atom is -0.314 e. The van der Waals surface area contributed by atoms with Crippen molar-refractivity contribution in [2.24, 2.45) is 5.92 Å². The van der Waals surface area contributed by atoms with Crippen molar-refractivity contribution in [1.29, 1.82) is 0 Å². The van der Waals surface area contributed by atoms with Gasteiger partial charge in [0.2, 0.25) is 0 Å². The van der Waals surface area contributed by atoms with Crippen LogP contribution >= 0.6 is 0 Å². The molecule has 90 valence electrons. The Labute approximate surface area is 95.9 Å². The molecule has 0 fully saturated rings. The summed E-state index contributed by atoms with van der Waals surface area (Å²) in [6, 6.07) is 3.92. The van der Waals surface area contributed by atoms with Gasteiger partial charge in [-0.25, -0.2) is 8.78 Å². The van der Waals surface area contributed by atoms with Crippen LogP contribution in [0, 0.1) is 17.6 Å². The zero-order valence-electron chi connectivity index (χ0n) is 10.1. The maximum absolute atomic E-state index is 13.4. The summed E-state index contributed by atoms with van der Waals surface area (Å²) in [6.45, 7) is 7.02. The van der Waals surface area contributed by atoms with Gasteiger partial charge >= 0.3 is 0 Å². The summed E-state index contributed by atoms with van der Waals surface area (Å²) in [7, 11) is 0. The van der Waals surface area contributed by atoms with Crippen LogP contribution in [-0.2, 0) is 6.42 Å². The topological polar surface area (TPSA) is 12.0 Å². The molecule has 0 spiro atoms. The van der Waals surface area contributed by atoms with Gasteiger partial charge < -0.3 is 5.32 Å². The van der Waals surface area contributed by atoms with Crippen molar-refractivity contribution in [3.8, 4) is 0 Å². The number of rotatable bonds is 5. The molecule has 0 aliphatic heterocycles. The Hall–Kier alpha value is -0.960. The molecule has 0 aliphatic rings. The summed E-state index contributed by atoms with van der Waals surface area (Å²) < 4.78 is 26.4. The highest BCUT2D eigenvalue weighted by molar-refractivity contribution is 5.19. The molecule has 0 aliphatic carbocycles. The highest BCUT2D eigenvalue weighted by atomic mass is 19.1. The van der Waals surface area contributed by atoms with E-state index < -0.39 is 0 Å². The zero-order chi connectivity index (χ0) is 12.1. The predicted octanol–water partition coefficient (Wildman–Crippen LogP) is 3.14. The SMILES string of the molecule is CCNC(C)C(C)Cc1cc(F)ccc1F.